The molecule has 0 aliphatic heterocycles. The van der Waals surface area contributed by atoms with Crippen LogP contribution in [0.1, 0.15) is 6.92 Å². The maximum absolute atomic E-state index is 12.5. The first kappa shape index (κ1) is 12.1. The summed E-state index contributed by atoms with van der Waals surface area (Å²) < 4.78 is 3.49. The van der Waals surface area contributed by atoms with E-state index in [9.17, 15) is 4.79 Å². The van der Waals surface area contributed by atoms with E-state index < -0.39 is 0 Å². The fraction of sp³-hybridized carbons (Fsp3) is 0.133. The smallest absolute Gasteiger partial charge is 0.292 e. The highest BCUT2D eigenvalue weighted by Gasteiger charge is 2.12. The SMILES string of the molecule is CCn1c(=O)n(-c2ccc(Cl)cc2)c2ccccc21. The maximum atomic E-state index is 12.5. The Morgan fingerprint density at radius 3 is 2.26 bits per heavy atom. The second kappa shape index (κ2) is 4.59. The minimum absolute atomic E-state index is 0.0222. The molecular formula is C15H13ClN2O. The summed E-state index contributed by atoms with van der Waals surface area (Å²) in [5.74, 6) is 0. The van der Waals surface area contributed by atoms with Crippen molar-refractivity contribution in [2.75, 3.05) is 0 Å². The Morgan fingerprint density at radius 1 is 1.00 bits per heavy atom. The molecule has 96 valence electrons. The molecular weight excluding hydrogens is 260 g/mol. The van der Waals surface area contributed by atoms with Crippen LogP contribution in [0.4, 0.5) is 0 Å². The van der Waals surface area contributed by atoms with Gasteiger partial charge < -0.3 is 0 Å². The van der Waals surface area contributed by atoms with Crippen molar-refractivity contribution < 1.29 is 0 Å². The molecule has 0 unspecified atom stereocenters. The van der Waals surface area contributed by atoms with Crippen LogP contribution in [0.2, 0.25) is 5.02 Å². The molecule has 0 bridgehead atoms. The molecule has 0 aliphatic carbocycles. The lowest BCUT2D eigenvalue weighted by molar-refractivity contribution is 0.734. The number of imidazole rings is 1. The van der Waals surface area contributed by atoms with Gasteiger partial charge in [0.1, 0.15) is 0 Å². The quantitative estimate of drug-likeness (QED) is 0.702. The van der Waals surface area contributed by atoms with E-state index in [1.54, 1.807) is 21.3 Å². The number of benzene rings is 2. The van der Waals surface area contributed by atoms with Crippen LogP contribution >= 0.6 is 11.6 Å². The van der Waals surface area contributed by atoms with E-state index in [0.29, 0.717) is 11.6 Å². The van der Waals surface area contributed by atoms with Crippen LogP contribution < -0.4 is 5.69 Å². The zero-order valence-corrected chi connectivity index (χ0v) is 11.3. The first-order valence-corrected chi connectivity index (χ1v) is 6.56. The number of fused-ring (bicyclic) bond motifs is 1. The summed E-state index contributed by atoms with van der Waals surface area (Å²) in [6.07, 6.45) is 0. The van der Waals surface area contributed by atoms with Crippen LogP contribution in [0, 0.1) is 0 Å². The molecule has 0 fully saturated rings. The van der Waals surface area contributed by atoms with Gasteiger partial charge >= 0.3 is 5.69 Å². The average molecular weight is 273 g/mol. The van der Waals surface area contributed by atoms with Gasteiger partial charge in [0, 0.05) is 11.6 Å². The predicted octanol–water partition coefficient (Wildman–Crippen LogP) is 3.47. The van der Waals surface area contributed by atoms with Crippen molar-refractivity contribution in [3.63, 3.8) is 0 Å². The second-order valence-corrected chi connectivity index (χ2v) is 4.76. The highest BCUT2D eigenvalue weighted by Crippen LogP contribution is 2.19. The third-order valence-electron chi connectivity index (χ3n) is 3.24. The van der Waals surface area contributed by atoms with Gasteiger partial charge in [-0.3, -0.25) is 9.13 Å². The molecule has 3 rings (SSSR count). The van der Waals surface area contributed by atoms with E-state index in [1.165, 1.54) is 0 Å². The second-order valence-electron chi connectivity index (χ2n) is 4.33. The van der Waals surface area contributed by atoms with E-state index in [0.717, 1.165) is 16.7 Å². The molecule has 2 aromatic carbocycles. The van der Waals surface area contributed by atoms with E-state index in [4.69, 9.17) is 11.6 Å². The Balaban J connectivity index is 2.38. The zero-order valence-electron chi connectivity index (χ0n) is 10.5. The fourth-order valence-electron chi connectivity index (χ4n) is 2.35. The fourth-order valence-corrected chi connectivity index (χ4v) is 2.48. The van der Waals surface area contributed by atoms with Gasteiger partial charge in [-0.15, -0.1) is 0 Å². The molecule has 3 aromatic rings. The molecule has 0 saturated heterocycles. The van der Waals surface area contributed by atoms with Gasteiger partial charge in [-0.2, -0.15) is 0 Å². The lowest BCUT2D eigenvalue weighted by Gasteiger charge is -2.02. The first-order valence-electron chi connectivity index (χ1n) is 6.18. The van der Waals surface area contributed by atoms with Crippen LogP contribution in [0.5, 0.6) is 0 Å². The van der Waals surface area contributed by atoms with Crippen LogP contribution in [0.25, 0.3) is 16.7 Å². The number of rotatable bonds is 2. The van der Waals surface area contributed by atoms with Crippen molar-refractivity contribution in [1.29, 1.82) is 0 Å². The Bertz CT molecular complexity index is 784. The topological polar surface area (TPSA) is 26.9 Å². The van der Waals surface area contributed by atoms with Gasteiger partial charge in [-0.1, -0.05) is 23.7 Å². The lowest BCUT2D eigenvalue weighted by atomic mass is 10.3. The minimum Gasteiger partial charge on any atom is -0.292 e. The van der Waals surface area contributed by atoms with E-state index in [-0.39, 0.29) is 5.69 Å². The number of nitrogens with zero attached hydrogens (tertiary/aromatic N) is 2. The number of hydrogen-bond donors (Lipinski definition) is 0. The Kier molecular flexibility index (Phi) is 2.91. The van der Waals surface area contributed by atoms with Crippen LogP contribution in [-0.2, 0) is 6.54 Å². The van der Waals surface area contributed by atoms with E-state index >= 15 is 0 Å². The lowest BCUT2D eigenvalue weighted by Crippen LogP contribution is -2.22. The zero-order chi connectivity index (χ0) is 13.4. The molecule has 0 N–H and O–H groups in total. The van der Waals surface area contributed by atoms with Crippen LogP contribution in [-0.4, -0.2) is 9.13 Å². The molecule has 0 saturated carbocycles. The number of aromatic nitrogens is 2. The van der Waals surface area contributed by atoms with E-state index in [1.807, 2.05) is 43.3 Å². The standard InChI is InChI=1S/C15H13ClN2O/c1-2-17-13-5-3-4-6-14(13)18(15(17)19)12-9-7-11(16)8-10-12/h3-10H,2H2,1H3. The highest BCUT2D eigenvalue weighted by molar-refractivity contribution is 6.30. The Morgan fingerprint density at radius 2 is 1.63 bits per heavy atom. The molecule has 4 heteroatoms. The number of para-hydroxylation sites is 2. The first-order chi connectivity index (χ1) is 9.22. The summed E-state index contributed by atoms with van der Waals surface area (Å²) in [5.41, 5.74) is 2.67. The Labute approximate surface area is 115 Å². The molecule has 0 spiro atoms. The third-order valence-corrected chi connectivity index (χ3v) is 3.49. The molecule has 1 heterocycles. The van der Waals surface area contributed by atoms with Gasteiger partial charge in [-0.05, 0) is 43.3 Å². The third kappa shape index (κ3) is 1.87. The van der Waals surface area contributed by atoms with E-state index in [2.05, 4.69) is 0 Å². The summed E-state index contributed by atoms with van der Waals surface area (Å²) >= 11 is 5.90. The molecule has 0 amide bonds. The molecule has 0 atom stereocenters. The van der Waals surface area contributed by atoms with Crippen molar-refractivity contribution >= 4 is 22.6 Å². The molecule has 0 radical (unpaired) electrons. The molecule has 1 aromatic heterocycles. The maximum Gasteiger partial charge on any atom is 0.333 e. The van der Waals surface area contributed by atoms with Gasteiger partial charge in [-0.25, -0.2) is 4.79 Å². The van der Waals surface area contributed by atoms with Crippen LogP contribution in [0.15, 0.2) is 53.3 Å². The van der Waals surface area contributed by atoms with Crippen molar-refractivity contribution in [2.45, 2.75) is 13.5 Å². The normalized spacial score (nSPS) is 11.1. The predicted molar refractivity (Wildman–Crippen MR) is 78.2 cm³/mol. The average Bonchev–Trinajstić information content (AvgIpc) is 2.71. The molecule has 19 heavy (non-hydrogen) atoms. The largest absolute Gasteiger partial charge is 0.333 e. The van der Waals surface area contributed by atoms with Gasteiger partial charge in [0.15, 0.2) is 0 Å². The van der Waals surface area contributed by atoms with Gasteiger partial charge in [0.2, 0.25) is 0 Å². The van der Waals surface area contributed by atoms with Crippen LogP contribution in [0.3, 0.4) is 0 Å². The van der Waals surface area contributed by atoms with Crippen molar-refractivity contribution in [3.8, 4) is 5.69 Å². The monoisotopic (exact) mass is 272 g/mol. The summed E-state index contributed by atoms with van der Waals surface area (Å²) in [6.45, 7) is 2.62. The highest BCUT2D eigenvalue weighted by atomic mass is 35.5. The number of aryl methyl sites for hydroxylation is 1. The van der Waals surface area contributed by atoms with Crippen molar-refractivity contribution in [1.82, 2.24) is 9.13 Å². The van der Waals surface area contributed by atoms with Crippen molar-refractivity contribution in [2.24, 2.45) is 0 Å². The minimum atomic E-state index is -0.0222. The van der Waals surface area contributed by atoms with Gasteiger partial charge in [0.05, 0.1) is 16.7 Å². The summed E-state index contributed by atoms with van der Waals surface area (Å²) in [7, 11) is 0. The summed E-state index contributed by atoms with van der Waals surface area (Å²) in [6, 6.07) is 15.1. The number of halogens is 1. The number of hydrogen-bond acceptors (Lipinski definition) is 1. The van der Waals surface area contributed by atoms with Gasteiger partial charge in [0.25, 0.3) is 0 Å². The molecule has 3 nitrogen and oxygen atoms in total. The summed E-state index contributed by atoms with van der Waals surface area (Å²) in [4.78, 5) is 12.5. The molecule has 0 aliphatic rings. The summed E-state index contributed by atoms with van der Waals surface area (Å²) in [5, 5.41) is 0.663. The Hall–Kier alpha value is -2.00. The van der Waals surface area contributed by atoms with Crippen molar-refractivity contribution in [3.05, 3.63) is 64.0 Å².